The highest BCUT2D eigenvalue weighted by atomic mass is 16.1. The minimum absolute atomic E-state index is 0.0837. The van der Waals surface area contributed by atoms with Crippen LogP contribution in [0.4, 0.5) is 0 Å². The minimum atomic E-state index is 0.0837. The van der Waals surface area contributed by atoms with E-state index in [-0.39, 0.29) is 11.8 Å². The lowest BCUT2D eigenvalue weighted by Gasteiger charge is -2.23. The maximum absolute atomic E-state index is 12.7. The van der Waals surface area contributed by atoms with E-state index in [4.69, 9.17) is 5.10 Å². The van der Waals surface area contributed by atoms with E-state index in [1.54, 1.807) is 0 Å². The Hall–Kier alpha value is -2.14. The van der Waals surface area contributed by atoms with Crippen molar-refractivity contribution in [3.8, 4) is 0 Å². The number of benzene rings is 1. The molecule has 1 atom stereocenters. The van der Waals surface area contributed by atoms with Crippen LogP contribution >= 0.6 is 0 Å². The molecule has 1 aliphatic carbocycles. The van der Waals surface area contributed by atoms with Crippen LogP contribution in [0.3, 0.4) is 0 Å². The number of nitrogens with zero attached hydrogens (tertiary/aromatic N) is 3. The Morgan fingerprint density at radius 1 is 1.26 bits per heavy atom. The summed E-state index contributed by atoms with van der Waals surface area (Å²) in [5, 5.41) is 7.87. The molecular formula is C22H30N4O. The van der Waals surface area contributed by atoms with Crippen LogP contribution in [0.2, 0.25) is 0 Å². The van der Waals surface area contributed by atoms with Gasteiger partial charge in [0.2, 0.25) is 5.91 Å². The van der Waals surface area contributed by atoms with E-state index in [9.17, 15) is 4.79 Å². The van der Waals surface area contributed by atoms with Gasteiger partial charge in [0.05, 0.1) is 17.9 Å². The third-order valence-electron chi connectivity index (χ3n) is 5.84. The average molecular weight is 367 g/mol. The SMILES string of the molecule is CCCN1CCCn2nc(CNC(=O)C3CCc4ccccc4C3)cc2C1. The molecule has 2 aromatic rings. The van der Waals surface area contributed by atoms with Gasteiger partial charge in [0, 0.05) is 25.6 Å². The second-order valence-electron chi connectivity index (χ2n) is 7.91. The molecule has 1 unspecified atom stereocenters. The molecule has 0 bridgehead atoms. The second kappa shape index (κ2) is 8.26. The standard InChI is InChI=1S/C22H30N4O/c1-2-10-25-11-5-12-26-21(16-25)14-20(24-26)15-23-22(27)19-9-8-17-6-3-4-7-18(17)13-19/h3-4,6-7,14,19H,2,5,8-13,15-16H2,1H3,(H,23,27). The molecule has 4 rings (SSSR count). The molecule has 1 N–H and O–H groups in total. The van der Waals surface area contributed by atoms with Crippen molar-refractivity contribution in [1.82, 2.24) is 20.0 Å². The highest BCUT2D eigenvalue weighted by molar-refractivity contribution is 5.79. The van der Waals surface area contributed by atoms with Crippen LogP contribution in [-0.4, -0.2) is 33.7 Å². The molecule has 2 aliphatic rings. The van der Waals surface area contributed by atoms with E-state index < -0.39 is 0 Å². The maximum Gasteiger partial charge on any atom is 0.223 e. The number of carbonyl (C=O) groups excluding carboxylic acids is 1. The van der Waals surface area contributed by atoms with Crippen molar-refractivity contribution in [2.45, 2.75) is 58.7 Å². The van der Waals surface area contributed by atoms with Gasteiger partial charge >= 0.3 is 0 Å². The molecule has 0 radical (unpaired) electrons. The molecule has 2 heterocycles. The first kappa shape index (κ1) is 18.2. The molecular weight excluding hydrogens is 336 g/mol. The van der Waals surface area contributed by atoms with Gasteiger partial charge in [-0.15, -0.1) is 0 Å². The van der Waals surface area contributed by atoms with Crippen LogP contribution in [0, 0.1) is 5.92 Å². The topological polar surface area (TPSA) is 50.2 Å². The normalized spacial score (nSPS) is 19.8. The molecule has 1 amide bonds. The number of aromatic nitrogens is 2. The highest BCUT2D eigenvalue weighted by Crippen LogP contribution is 2.25. The van der Waals surface area contributed by atoms with Gasteiger partial charge in [-0.2, -0.15) is 5.10 Å². The number of fused-ring (bicyclic) bond motifs is 2. The third-order valence-corrected chi connectivity index (χ3v) is 5.84. The number of amides is 1. The molecule has 5 nitrogen and oxygen atoms in total. The van der Waals surface area contributed by atoms with Crippen molar-refractivity contribution in [3.05, 3.63) is 52.8 Å². The Bertz CT molecular complexity index is 797. The van der Waals surface area contributed by atoms with E-state index in [0.29, 0.717) is 6.54 Å². The van der Waals surface area contributed by atoms with Gasteiger partial charge in [-0.1, -0.05) is 31.2 Å². The molecule has 0 spiro atoms. The highest BCUT2D eigenvalue weighted by Gasteiger charge is 2.24. The van der Waals surface area contributed by atoms with Gasteiger partial charge in [0.1, 0.15) is 0 Å². The monoisotopic (exact) mass is 366 g/mol. The lowest BCUT2D eigenvalue weighted by Crippen LogP contribution is -2.33. The fourth-order valence-corrected chi connectivity index (χ4v) is 4.43. The molecule has 0 saturated heterocycles. The van der Waals surface area contributed by atoms with Crippen molar-refractivity contribution in [1.29, 1.82) is 0 Å². The zero-order valence-electron chi connectivity index (χ0n) is 16.3. The number of aryl methyl sites for hydroxylation is 2. The molecule has 1 aromatic heterocycles. The Morgan fingerprint density at radius 2 is 2.11 bits per heavy atom. The Morgan fingerprint density at radius 3 is 2.96 bits per heavy atom. The molecule has 0 saturated carbocycles. The summed E-state index contributed by atoms with van der Waals surface area (Å²) in [5.74, 6) is 0.251. The van der Waals surface area contributed by atoms with Gasteiger partial charge in [-0.25, -0.2) is 0 Å². The molecule has 0 fully saturated rings. The fourth-order valence-electron chi connectivity index (χ4n) is 4.43. The summed E-state index contributed by atoms with van der Waals surface area (Å²) in [6.45, 7) is 6.99. The quantitative estimate of drug-likeness (QED) is 0.885. The van der Waals surface area contributed by atoms with E-state index >= 15 is 0 Å². The van der Waals surface area contributed by atoms with Crippen molar-refractivity contribution >= 4 is 5.91 Å². The number of hydrogen-bond donors (Lipinski definition) is 1. The van der Waals surface area contributed by atoms with Gasteiger partial charge in [-0.3, -0.25) is 14.4 Å². The smallest absolute Gasteiger partial charge is 0.223 e. The summed E-state index contributed by atoms with van der Waals surface area (Å²) in [5.41, 5.74) is 4.98. The Balaban J connectivity index is 1.34. The molecule has 5 heteroatoms. The number of hydrogen-bond acceptors (Lipinski definition) is 3. The summed E-state index contributed by atoms with van der Waals surface area (Å²) in [6, 6.07) is 10.7. The van der Waals surface area contributed by atoms with Crippen LogP contribution in [0.15, 0.2) is 30.3 Å². The first-order valence-electron chi connectivity index (χ1n) is 10.4. The van der Waals surface area contributed by atoms with Crippen molar-refractivity contribution in [2.75, 3.05) is 13.1 Å². The molecule has 1 aliphatic heterocycles. The predicted molar refractivity (Wildman–Crippen MR) is 106 cm³/mol. The van der Waals surface area contributed by atoms with Crippen molar-refractivity contribution in [2.24, 2.45) is 5.92 Å². The van der Waals surface area contributed by atoms with Crippen molar-refractivity contribution in [3.63, 3.8) is 0 Å². The lowest BCUT2D eigenvalue weighted by molar-refractivity contribution is -0.125. The number of carbonyl (C=O) groups is 1. The predicted octanol–water partition coefficient (Wildman–Crippen LogP) is 2.92. The van der Waals surface area contributed by atoms with Crippen LogP contribution in [-0.2, 0) is 37.3 Å². The van der Waals surface area contributed by atoms with Crippen LogP contribution in [0.5, 0.6) is 0 Å². The minimum Gasteiger partial charge on any atom is -0.350 e. The summed E-state index contributed by atoms with van der Waals surface area (Å²) < 4.78 is 2.13. The average Bonchev–Trinajstić information content (AvgIpc) is 2.97. The van der Waals surface area contributed by atoms with Gasteiger partial charge in [0.25, 0.3) is 0 Å². The lowest BCUT2D eigenvalue weighted by atomic mass is 9.83. The zero-order valence-corrected chi connectivity index (χ0v) is 16.3. The Labute approximate surface area is 161 Å². The molecule has 144 valence electrons. The first-order valence-corrected chi connectivity index (χ1v) is 10.4. The summed E-state index contributed by atoms with van der Waals surface area (Å²) in [4.78, 5) is 15.2. The largest absolute Gasteiger partial charge is 0.350 e. The van der Waals surface area contributed by atoms with Gasteiger partial charge in [-0.05, 0) is 55.8 Å². The zero-order chi connectivity index (χ0) is 18.6. The van der Waals surface area contributed by atoms with E-state index in [0.717, 1.165) is 57.6 Å². The fraction of sp³-hybridized carbons (Fsp3) is 0.545. The number of nitrogens with one attached hydrogen (secondary N) is 1. The first-order chi connectivity index (χ1) is 13.2. The maximum atomic E-state index is 12.7. The molecule has 1 aromatic carbocycles. The molecule has 27 heavy (non-hydrogen) atoms. The summed E-state index contributed by atoms with van der Waals surface area (Å²) in [7, 11) is 0. The van der Waals surface area contributed by atoms with E-state index in [2.05, 4.69) is 52.2 Å². The van der Waals surface area contributed by atoms with E-state index in [1.807, 2.05) is 0 Å². The van der Waals surface area contributed by atoms with Crippen molar-refractivity contribution < 1.29 is 4.79 Å². The van der Waals surface area contributed by atoms with Crippen LogP contribution < -0.4 is 5.32 Å². The van der Waals surface area contributed by atoms with Crippen LogP contribution in [0.25, 0.3) is 0 Å². The van der Waals surface area contributed by atoms with Gasteiger partial charge < -0.3 is 5.32 Å². The van der Waals surface area contributed by atoms with E-state index in [1.165, 1.54) is 23.2 Å². The Kier molecular flexibility index (Phi) is 5.58. The summed E-state index contributed by atoms with van der Waals surface area (Å²) >= 11 is 0. The summed E-state index contributed by atoms with van der Waals surface area (Å²) in [6.07, 6.45) is 5.12. The third kappa shape index (κ3) is 4.24. The second-order valence-corrected chi connectivity index (χ2v) is 7.91. The van der Waals surface area contributed by atoms with Gasteiger partial charge in [0.15, 0.2) is 0 Å². The van der Waals surface area contributed by atoms with Crippen LogP contribution in [0.1, 0.15) is 48.7 Å². The number of rotatable bonds is 5.